The highest BCUT2D eigenvalue weighted by Crippen LogP contribution is 2.14. The summed E-state index contributed by atoms with van der Waals surface area (Å²) in [6, 6.07) is 14.0. The minimum absolute atomic E-state index is 0.523. The van der Waals surface area contributed by atoms with Gasteiger partial charge in [0, 0.05) is 25.5 Å². The van der Waals surface area contributed by atoms with E-state index in [-0.39, 0.29) is 0 Å². The summed E-state index contributed by atoms with van der Waals surface area (Å²) < 4.78 is 5.80. The topological polar surface area (TPSA) is 25.4 Å². The van der Waals surface area contributed by atoms with Crippen LogP contribution in [0.4, 0.5) is 0 Å². The van der Waals surface area contributed by atoms with Crippen molar-refractivity contribution in [2.75, 3.05) is 6.54 Å². The molecule has 112 valence electrons. The molecule has 0 amide bonds. The summed E-state index contributed by atoms with van der Waals surface area (Å²) in [5.41, 5.74) is 2.31. The summed E-state index contributed by atoms with van der Waals surface area (Å²) in [4.78, 5) is 6.29. The van der Waals surface area contributed by atoms with Gasteiger partial charge in [0.05, 0.1) is 0 Å². The van der Waals surface area contributed by atoms with Crippen molar-refractivity contribution in [3.8, 4) is 0 Å². The molecule has 0 aliphatic carbocycles. The van der Waals surface area contributed by atoms with E-state index in [1.54, 1.807) is 6.20 Å². The highest BCUT2D eigenvalue weighted by Gasteiger charge is 2.07. The first-order valence-electron chi connectivity index (χ1n) is 7.19. The molecule has 22 heavy (non-hydrogen) atoms. The summed E-state index contributed by atoms with van der Waals surface area (Å²) in [7, 11) is 0. The molecule has 1 aliphatic heterocycles. The van der Waals surface area contributed by atoms with Crippen molar-refractivity contribution < 1.29 is 4.74 Å². The molecule has 1 aromatic heterocycles. The average molecular weight is 313 g/mol. The predicted octanol–water partition coefficient (Wildman–Crippen LogP) is 4.17. The molecule has 2 heterocycles. The maximum Gasteiger partial charge on any atom is 0.129 e. The summed E-state index contributed by atoms with van der Waals surface area (Å²) in [5.74, 6) is 0.911. The van der Waals surface area contributed by atoms with Gasteiger partial charge in [-0.05, 0) is 29.3 Å². The molecule has 1 aromatic carbocycles. The highest BCUT2D eigenvalue weighted by molar-refractivity contribution is 6.29. The van der Waals surface area contributed by atoms with Crippen molar-refractivity contribution in [1.82, 2.24) is 9.88 Å². The van der Waals surface area contributed by atoms with Crippen LogP contribution >= 0.6 is 11.6 Å². The predicted molar refractivity (Wildman–Crippen MR) is 88.1 cm³/mol. The highest BCUT2D eigenvalue weighted by atomic mass is 35.5. The van der Waals surface area contributed by atoms with Gasteiger partial charge in [-0.2, -0.15) is 0 Å². The number of hydrogen-bond acceptors (Lipinski definition) is 3. The molecular weight excluding hydrogens is 296 g/mol. The van der Waals surface area contributed by atoms with Gasteiger partial charge >= 0.3 is 0 Å². The zero-order chi connectivity index (χ0) is 15.2. The van der Waals surface area contributed by atoms with Gasteiger partial charge in [-0.1, -0.05) is 48.0 Å². The Morgan fingerprint density at radius 3 is 2.64 bits per heavy atom. The number of nitrogens with zero attached hydrogens (tertiary/aromatic N) is 2. The van der Waals surface area contributed by atoms with Gasteiger partial charge in [-0.15, -0.1) is 0 Å². The van der Waals surface area contributed by atoms with Crippen LogP contribution in [0.15, 0.2) is 72.8 Å². The van der Waals surface area contributed by atoms with Crippen LogP contribution in [-0.2, 0) is 17.9 Å². The Hall–Kier alpha value is -2.26. The number of halogens is 1. The van der Waals surface area contributed by atoms with Gasteiger partial charge in [0.25, 0.3) is 0 Å². The number of ether oxygens (including phenoxy) is 1. The second-order valence-electron chi connectivity index (χ2n) is 5.12. The Kier molecular flexibility index (Phi) is 4.76. The number of pyridine rings is 1. The molecule has 4 heteroatoms. The SMILES string of the molecule is Clc1ccc(CN2C=CC(OCc3ccccc3)=CC2)cn1. The van der Waals surface area contributed by atoms with Crippen LogP contribution in [0.25, 0.3) is 0 Å². The first kappa shape index (κ1) is 14.7. The molecule has 0 fully saturated rings. The third-order valence-electron chi connectivity index (χ3n) is 3.40. The Balaban J connectivity index is 1.50. The maximum atomic E-state index is 5.80. The smallest absolute Gasteiger partial charge is 0.129 e. The van der Waals surface area contributed by atoms with E-state index in [0.717, 1.165) is 24.4 Å². The number of allylic oxidation sites excluding steroid dienone is 1. The van der Waals surface area contributed by atoms with E-state index in [1.165, 1.54) is 5.56 Å². The van der Waals surface area contributed by atoms with E-state index < -0.39 is 0 Å². The van der Waals surface area contributed by atoms with Crippen LogP contribution in [0, 0.1) is 0 Å². The average Bonchev–Trinajstić information content (AvgIpc) is 2.57. The molecule has 0 N–H and O–H groups in total. The van der Waals surface area contributed by atoms with Crippen LogP contribution in [0.5, 0.6) is 0 Å². The Morgan fingerprint density at radius 2 is 1.95 bits per heavy atom. The molecule has 3 rings (SSSR count). The van der Waals surface area contributed by atoms with Crippen molar-refractivity contribution in [2.45, 2.75) is 13.2 Å². The second kappa shape index (κ2) is 7.14. The molecule has 1 aliphatic rings. The van der Waals surface area contributed by atoms with Crippen molar-refractivity contribution >= 4 is 11.6 Å². The number of benzene rings is 1. The van der Waals surface area contributed by atoms with Crippen LogP contribution in [0.2, 0.25) is 5.15 Å². The fourth-order valence-electron chi connectivity index (χ4n) is 2.21. The van der Waals surface area contributed by atoms with E-state index in [0.29, 0.717) is 11.8 Å². The van der Waals surface area contributed by atoms with E-state index in [4.69, 9.17) is 16.3 Å². The molecule has 0 unspecified atom stereocenters. The Morgan fingerprint density at radius 1 is 1.09 bits per heavy atom. The lowest BCUT2D eigenvalue weighted by molar-refractivity contribution is 0.204. The van der Waals surface area contributed by atoms with Crippen molar-refractivity contribution in [1.29, 1.82) is 0 Å². The Labute approximate surface area is 135 Å². The van der Waals surface area contributed by atoms with Crippen LogP contribution in [0.3, 0.4) is 0 Å². The summed E-state index contributed by atoms with van der Waals surface area (Å²) in [6.45, 7) is 2.23. The van der Waals surface area contributed by atoms with E-state index in [1.807, 2.05) is 36.4 Å². The molecule has 0 atom stereocenters. The Bertz CT molecular complexity index is 665. The second-order valence-corrected chi connectivity index (χ2v) is 5.50. The summed E-state index contributed by atoms with van der Waals surface area (Å²) >= 11 is 5.79. The monoisotopic (exact) mass is 312 g/mol. The van der Waals surface area contributed by atoms with Gasteiger partial charge in [-0.3, -0.25) is 0 Å². The fraction of sp³-hybridized carbons (Fsp3) is 0.167. The molecule has 0 saturated carbocycles. The first-order valence-corrected chi connectivity index (χ1v) is 7.57. The van der Waals surface area contributed by atoms with E-state index in [2.05, 4.69) is 34.3 Å². The van der Waals surface area contributed by atoms with Crippen LogP contribution in [0.1, 0.15) is 11.1 Å². The van der Waals surface area contributed by atoms with Gasteiger partial charge < -0.3 is 9.64 Å². The summed E-state index contributed by atoms with van der Waals surface area (Å²) in [6.07, 6.45) is 7.94. The van der Waals surface area contributed by atoms with Crippen molar-refractivity contribution in [3.05, 3.63) is 89.1 Å². The molecule has 0 bridgehead atoms. The van der Waals surface area contributed by atoms with Gasteiger partial charge in [-0.25, -0.2) is 4.98 Å². The lowest BCUT2D eigenvalue weighted by atomic mass is 10.2. The van der Waals surface area contributed by atoms with E-state index >= 15 is 0 Å². The minimum Gasteiger partial charge on any atom is -0.489 e. The zero-order valence-corrected chi connectivity index (χ0v) is 12.9. The largest absolute Gasteiger partial charge is 0.489 e. The lowest BCUT2D eigenvalue weighted by Gasteiger charge is -2.22. The zero-order valence-electron chi connectivity index (χ0n) is 12.2. The van der Waals surface area contributed by atoms with Gasteiger partial charge in [0.1, 0.15) is 17.5 Å². The standard InChI is InChI=1S/C18H17ClN2O/c19-18-7-6-16(12-20-18)13-21-10-8-17(9-11-21)22-14-15-4-2-1-3-5-15/h1-10,12H,11,13-14H2. The molecule has 3 nitrogen and oxygen atoms in total. The lowest BCUT2D eigenvalue weighted by Crippen LogP contribution is -2.19. The van der Waals surface area contributed by atoms with E-state index in [9.17, 15) is 0 Å². The van der Waals surface area contributed by atoms with Gasteiger partial charge in [0.15, 0.2) is 0 Å². The molecule has 0 spiro atoms. The number of hydrogen-bond donors (Lipinski definition) is 0. The van der Waals surface area contributed by atoms with Crippen LogP contribution < -0.4 is 0 Å². The molecular formula is C18H17ClN2O. The third kappa shape index (κ3) is 4.12. The maximum absolute atomic E-state index is 5.80. The van der Waals surface area contributed by atoms with Crippen LogP contribution in [-0.4, -0.2) is 16.4 Å². The third-order valence-corrected chi connectivity index (χ3v) is 3.62. The normalized spacial score (nSPS) is 13.9. The van der Waals surface area contributed by atoms with Crippen molar-refractivity contribution in [2.24, 2.45) is 0 Å². The quantitative estimate of drug-likeness (QED) is 0.775. The summed E-state index contributed by atoms with van der Waals surface area (Å²) in [5, 5.41) is 0.523. The fourth-order valence-corrected chi connectivity index (χ4v) is 2.33. The number of aromatic nitrogens is 1. The van der Waals surface area contributed by atoms with Crippen molar-refractivity contribution in [3.63, 3.8) is 0 Å². The minimum atomic E-state index is 0.523. The molecule has 0 radical (unpaired) electrons. The molecule has 2 aromatic rings. The molecule has 0 saturated heterocycles. The number of rotatable bonds is 5. The first-order chi connectivity index (χ1) is 10.8. The van der Waals surface area contributed by atoms with Gasteiger partial charge in [0.2, 0.25) is 0 Å².